The number of hydrogen-bond acceptors (Lipinski definition) is 3. The van der Waals surface area contributed by atoms with E-state index in [2.05, 4.69) is 9.97 Å². The molecule has 4 aromatic rings. The molecule has 0 aliphatic heterocycles. The normalized spacial score (nSPS) is 11.5. The first-order valence-corrected chi connectivity index (χ1v) is 8.08. The predicted molar refractivity (Wildman–Crippen MR) is 93.5 cm³/mol. The fraction of sp³-hybridized carbons (Fsp3) is 0.0500. The van der Waals surface area contributed by atoms with E-state index in [1.165, 1.54) is 28.9 Å². The molecule has 0 aliphatic rings. The third kappa shape index (κ3) is 3.07. The number of imidazole rings is 1. The molecule has 0 atom stereocenters. The highest BCUT2D eigenvalue weighted by molar-refractivity contribution is 5.73. The average molecular weight is 382 g/mol. The number of nitriles is 1. The van der Waals surface area contributed by atoms with Crippen molar-refractivity contribution >= 4 is 5.78 Å². The molecule has 28 heavy (non-hydrogen) atoms. The molecular weight excluding hydrogens is 372 g/mol. The third-order valence-corrected chi connectivity index (χ3v) is 4.26. The zero-order chi connectivity index (χ0) is 19.9. The summed E-state index contributed by atoms with van der Waals surface area (Å²) < 4.78 is 54.2. The van der Waals surface area contributed by atoms with Gasteiger partial charge >= 0.3 is 6.18 Å². The van der Waals surface area contributed by atoms with Gasteiger partial charge in [-0.05, 0) is 42.0 Å². The van der Waals surface area contributed by atoms with Gasteiger partial charge in [-0.2, -0.15) is 18.4 Å². The summed E-state index contributed by atoms with van der Waals surface area (Å²) in [6.45, 7) is 0. The van der Waals surface area contributed by atoms with E-state index in [0.29, 0.717) is 27.9 Å². The molecule has 0 aliphatic carbocycles. The maximum absolute atomic E-state index is 14.4. The quantitative estimate of drug-likeness (QED) is 0.454. The van der Waals surface area contributed by atoms with Crippen LogP contribution in [0.3, 0.4) is 0 Å². The fourth-order valence-corrected chi connectivity index (χ4v) is 2.87. The third-order valence-electron chi connectivity index (χ3n) is 4.26. The Morgan fingerprint density at radius 2 is 1.68 bits per heavy atom. The lowest BCUT2D eigenvalue weighted by Gasteiger charge is -2.09. The van der Waals surface area contributed by atoms with Crippen molar-refractivity contribution in [1.82, 2.24) is 14.4 Å². The minimum atomic E-state index is -4.56. The lowest BCUT2D eigenvalue weighted by Crippen LogP contribution is -2.09. The van der Waals surface area contributed by atoms with Crippen molar-refractivity contribution in [2.75, 3.05) is 0 Å². The van der Waals surface area contributed by atoms with Crippen LogP contribution in [0.2, 0.25) is 0 Å². The van der Waals surface area contributed by atoms with Crippen LogP contribution in [0.5, 0.6) is 0 Å². The molecule has 0 bridgehead atoms. The Morgan fingerprint density at radius 3 is 2.36 bits per heavy atom. The highest BCUT2D eigenvalue weighted by Gasteiger charge is 2.33. The van der Waals surface area contributed by atoms with Crippen LogP contribution in [0.4, 0.5) is 17.6 Å². The molecule has 0 saturated heterocycles. The first-order valence-electron chi connectivity index (χ1n) is 8.08. The SMILES string of the molecule is N#Cc1ccc(-c2cc(-c3cnc4nc(C(F)(F)F)ccn34)ccc2F)cc1. The minimum absolute atomic E-state index is 0.103. The Bertz CT molecular complexity index is 1220. The number of fused-ring (bicyclic) bond motifs is 1. The van der Waals surface area contributed by atoms with Gasteiger partial charge in [0, 0.05) is 17.3 Å². The first-order chi connectivity index (χ1) is 13.4. The van der Waals surface area contributed by atoms with E-state index in [1.807, 2.05) is 6.07 Å². The molecule has 4 nitrogen and oxygen atoms in total. The number of halogens is 4. The van der Waals surface area contributed by atoms with Crippen LogP contribution in [0.15, 0.2) is 60.9 Å². The van der Waals surface area contributed by atoms with Gasteiger partial charge in [0.2, 0.25) is 5.78 Å². The lowest BCUT2D eigenvalue weighted by atomic mass is 10.0. The van der Waals surface area contributed by atoms with Gasteiger partial charge in [-0.1, -0.05) is 12.1 Å². The highest BCUT2D eigenvalue weighted by Crippen LogP contribution is 2.31. The van der Waals surface area contributed by atoms with Crippen molar-refractivity contribution in [3.8, 4) is 28.5 Å². The van der Waals surface area contributed by atoms with Crippen molar-refractivity contribution in [3.63, 3.8) is 0 Å². The summed E-state index contributed by atoms with van der Waals surface area (Å²) in [6, 6.07) is 13.7. The van der Waals surface area contributed by atoms with Gasteiger partial charge in [-0.15, -0.1) is 0 Å². The molecule has 2 aromatic carbocycles. The van der Waals surface area contributed by atoms with Crippen molar-refractivity contribution in [1.29, 1.82) is 5.26 Å². The predicted octanol–water partition coefficient (Wildman–Crippen LogP) is 5.09. The summed E-state index contributed by atoms with van der Waals surface area (Å²) in [5, 5.41) is 8.88. The highest BCUT2D eigenvalue weighted by atomic mass is 19.4. The fourth-order valence-electron chi connectivity index (χ4n) is 2.87. The van der Waals surface area contributed by atoms with Gasteiger partial charge in [0.1, 0.15) is 11.5 Å². The zero-order valence-electron chi connectivity index (χ0n) is 14.1. The molecule has 2 heterocycles. The van der Waals surface area contributed by atoms with Crippen molar-refractivity contribution in [2.45, 2.75) is 6.18 Å². The van der Waals surface area contributed by atoms with E-state index in [-0.39, 0.29) is 5.78 Å². The number of rotatable bonds is 2. The average Bonchev–Trinajstić information content (AvgIpc) is 3.11. The van der Waals surface area contributed by atoms with Crippen LogP contribution >= 0.6 is 0 Å². The maximum atomic E-state index is 14.4. The Balaban J connectivity index is 1.81. The van der Waals surface area contributed by atoms with Gasteiger partial charge < -0.3 is 0 Å². The molecule has 2 aromatic heterocycles. The summed E-state index contributed by atoms with van der Waals surface area (Å²) in [5.74, 6) is -0.561. The Labute approximate surface area is 156 Å². The molecule has 0 unspecified atom stereocenters. The van der Waals surface area contributed by atoms with E-state index in [9.17, 15) is 17.6 Å². The number of nitrogens with zero attached hydrogens (tertiary/aromatic N) is 4. The summed E-state index contributed by atoms with van der Waals surface area (Å²) >= 11 is 0. The topological polar surface area (TPSA) is 54.0 Å². The monoisotopic (exact) mass is 382 g/mol. The van der Waals surface area contributed by atoms with Crippen molar-refractivity contribution in [2.24, 2.45) is 0 Å². The molecule has 0 N–H and O–H groups in total. The minimum Gasteiger partial charge on any atom is -0.284 e. The molecule has 0 radical (unpaired) electrons. The second-order valence-corrected chi connectivity index (χ2v) is 6.01. The summed E-state index contributed by atoms with van der Waals surface area (Å²) in [6.07, 6.45) is -1.94. The van der Waals surface area contributed by atoms with Crippen LogP contribution < -0.4 is 0 Å². The van der Waals surface area contributed by atoms with Crippen LogP contribution in [-0.4, -0.2) is 14.4 Å². The van der Waals surface area contributed by atoms with E-state index in [0.717, 1.165) is 6.07 Å². The second kappa shape index (κ2) is 6.46. The van der Waals surface area contributed by atoms with Gasteiger partial charge in [0.25, 0.3) is 0 Å². The van der Waals surface area contributed by atoms with Gasteiger partial charge in [-0.25, -0.2) is 14.4 Å². The van der Waals surface area contributed by atoms with Gasteiger partial charge in [-0.3, -0.25) is 4.40 Å². The van der Waals surface area contributed by atoms with E-state index in [1.54, 1.807) is 30.3 Å². The molecule has 8 heteroatoms. The Morgan fingerprint density at radius 1 is 0.964 bits per heavy atom. The number of aromatic nitrogens is 3. The molecule has 4 rings (SSSR count). The van der Waals surface area contributed by atoms with Crippen molar-refractivity contribution in [3.05, 3.63) is 78.0 Å². The van der Waals surface area contributed by atoms with E-state index in [4.69, 9.17) is 5.26 Å². The Hall–Kier alpha value is -3.73. The summed E-state index contributed by atoms with van der Waals surface area (Å²) in [7, 11) is 0. The largest absolute Gasteiger partial charge is 0.433 e. The van der Waals surface area contributed by atoms with Crippen molar-refractivity contribution < 1.29 is 17.6 Å². The molecule has 138 valence electrons. The number of alkyl halides is 3. The lowest BCUT2D eigenvalue weighted by molar-refractivity contribution is -0.141. The first kappa shape index (κ1) is 17.7. The smallest absolute Gasteiger partial charge is 0.284 e. The second-order valence-electron chi connectivity index (χ2n) is 6.01. The molecule has 0 amide bonds. The summed E-state index contributed by atoms with van der Waals surface area (Å²) in [4.78, 5) is 7.47. The number of hydrogen-bond donors (Lipinski definition) is 0. The van der Waals surface area contributed by atoms with Crippen LogP contribution in [0.1, 0.15) is 11.3 Å². The zero-order valence-corrected chi connectivity index (χ0v) is 14.1. The standard InChI is InChI=1S/C20H10F4N4/c21-16-6-5-14(9-15(16)13-3-1-12(10-25)2-4-13)17-11-26-19-27-18(20(22,23)24)7-8-28(17)19/h1-9,11H. The van der Waals surface area contributed by atoms with Gasteiger partial charge in [0.05, 0.1) is 23.5 Å². The molecule has 0 fully saturated rings. The summed E-state index contributed by atoms with van der Waals surface area (Å²) in [5.41, 5.74) is 1.34. The van der Waals surface area contributed by atoms with E-state index >= 15 is 0 Å². The van der Waals surface area contributed by atoms with E-state index < -0.39 is 17.7 Å². The van der Waals surface area contributed by atoms with Crippen LogP contribution in [0, 0.1) is 17.1 Å². The van der Waals surface area contributed by atoms with Gasteiger partial charge in [0.15, 0.2) is 0 Å². The molecule has 0 saturated carbocycles. The Kier molecular flexibility index (Phi) is 4.08. The van der Waals surface area contributed by atoms with Crippen LogP contribution in [0.25, 0.3) is 28.2 Å². The van der Waals surface area contributed by atoms with Crippen LogP contribution in [-0.2, 0) is 6.18 Å². The number of benzene rings is 2. The molecule has 0 spiro atoms. The molecular formula is C20H10F4N4. The maximum Gasteiger partial charge on any atom is 0.433 e.